The minimum Gasteiger partial charge on any atom is -0.468 e. The van der Waals surface area contributed by atoms with Gasteiger partial charge in [0, 0.05) is 0 Å². The Kier molecular flexibility index (Phi) is 1.96. The lowest BCUT2D eigenvalue weighted by Crippen LogP contribution is -2.17. The Morgan fingerprint density at radius 2 is 2.33 bits per heavy atom. The first kappa shape index (κ1) is 6.87. The Hall–Kier alpha value is -0.240. The summed E-state index contributed by atoms with van der Waals surface area (Å²) in [4.78, 5) is 10.6. The number of carbonyl (C=O) groups is 1. The summed E-state index contributed by atoms with van der Waals surface area (Å²) in [5.41, 5.74) is 0. The quantitative estimate of drug-likeness (QED) is 0.434. The van der Waals surface area contributed by atoms with Crippen molar-refractivity contribution >= 4 is 17.6 Å². The monoisotopic (exact) mass is 148 g/mol. The Morgan fingerprint density at radius 3 is 2.67 bits per heavy atom. The van der Waals surface area contributed by atoms with Crippen LogP contribution < -0.4 is 0 Å². The van der Waals surface area contributed by atoms with E-state index in [2.05, 4.69) is 4.74 Å². The third-order valence-electron chi connectivity index (χ3n) is 1.46. The summed E-state index contributed by atoms with van der Waals surface area (Å²) in [6.45, 7) is 0. The molecule has 0 heterocycles. The van der Waals surface area contributed by atoms with E-state index in [0.29, 0.717) is 5.92 Å². The van der Waals surface area contributed by atoms with Crippen LogP contribution in [0.3, 0.4) is 0 Å². The van der Waals surface area contributed by atoms with E-state index in [1.165, 1.54) is 7.11 Å². The van der Waals surface area contributed by atoms with Crippen LogP contribution in [0.4, 0.5) is 0 Å². The van der Waals surface area contributed by atoms with Crippen molar-refractivity contribution in [3.8, 4) is 0 Å². The van der Waals surface area contributed by atoms with Gasteiger partial charge < -0.3 is 4.74 Å². The number of esters is 1. The van der Waals surface area contributed by atoms with Gasteiger partial charge in [0.15, 0.2) is 0 Å². The van der Waals surface area contributed by atoms with Gasteiger partial charge in [-0.2, -0.15) is 0 Å². The lowest BCUT2D eigenvalue weighted by Gasteiger charge is -2.02. The first-order valence-electron chi connectivity index (χ1n) is 2.97. The SMILES string of the molecule is COC(=O)[C@@H](Cl)C1CC1. The highest BCUT2D eigenvalue weighted by Gasteiger charge is 2.35. The molecule has 1 atom stereocenters. The van der Waals surface area contributed by atoms with Crippen molar-refractivity contribution in [2.75, 3.05) is 7.11 Å². The largest absolute Gasteiger partial charge is 0.468 e. The van der Waals surface area contributed by atoms with Crippen molar-refractivity contribution < 1.29 is 9.53 Å². The van der Waals surface area contributed by atoms with Crippen molar-refractivity contribution in [2.24, 2.45) is 5.92 Å². The Balaban J connectivity index is 2.30. The van der Waals surface area contributed by atoms with E-state index in [0.717, 1.165) is 12.8 Å². The van der Waals surface area contributed by atoms with Crippen LogP contribution in [0.5, 0.6) is 0 Å². The second kappa shape index (κ2) is 2.56. The maximum absolute atomic E-state index is 10.6. The van der Waals surface area contributed by atoms with Gasteiger partial charge in [0.2, 0.25) is 0 Å². The lowest BCUT2D eigenvalue weighted by molar-refractivity contribution is -0.140. The molecule has 1 aliphatic rings. The number of methoxy groups -OCH3 is 1. The van der Waals surface area contributed by atoms with Crippen molar-refractivity contribution in [1.29, 1.82) is 0 Å². The second-order valence-electron chi connectivity index (χ2n) is 2.26. The molecule has 0 amide bonds. The molecule has 1 fully saturated rings. The maximum Gasteiger partial charge on any atom is 0.324 e. The van der Waals surface area contributed by atoms with Crippen molar-refractivity contribution in [3.05, 3.63) is 0 Å². The summed E-state index contributed by atoms with van der Waals surface area (Å²) in [6.07, 6.45) is 2.15. The Labute approximate surface area is 59.1 Å². The predicted octanol–water partition coefficient (Wildman–Crippen LogP) is 1.18. The number of carbonyl (C=O) groups excluding carboxylic acids is 1. The average molecular weight is 149 g/mol. The number of halogens is 1. The first-order chi connectivity index (χ1) is 4.25. The standard InChI is InChI=1S/C6H9ClO2/c1-9-6(8)5(7)4-2-3-4/h4-5H,2-3H2,1H3/t5-/m0/s1. The fourth-order valence-corrected chi connectivity index (χ4v) is 1.03. The van der Waals surface area contributed by atoms with E-state index in [4.69, 9.17) is 11.6 Å². The van der Waals surface area contributed by atoms with Crippen LogP contribution in [0, 0.1) is 5.92 Å². The zero-order valence-corrected chi connectivity index (χ0v) is 6.02. The van der Waals surface area contributed by atoms with Crippen molar-refractivity contribution in [3.63, 3.8) is 0 Å². The van der Waals surface area contributed by atoms with Crippen LogP contribution in [0.15, 0.2) is 0 Å². The van der Waals surface area contributed by atoms with Gasteiger partial charge in [-0.1, -0.05) is 0 Å². The minimum absolute atomic E-state index is 0.292. The molecule has 0 aromatic carbocycles. The number of hydrogen-bond donors (Lipinski definition) is 0. The molecule has 0 unspecified atom stereocenters. The van der Waals surface area contributed by atoms with E-state index in [1.54, 1.807) is 0 Å². The summed E-state index contributed by atoms with van der Waals surface area (Å²) in [5.74, 6) is 0.0956. The zero-order chi connectivity index (χ0) is 6.85. The Morgan fingerprint density at radius 1 is 1.78 bits per heavy atom. The third-order valence-corrected chi connectivity index (χ3v) is 2.00. The van der Waals surface area contributed by atoms with Gasteiger partial charge in [0.25, 0.3) is 0 Å². The van der Waals surface area contributed by atoms with Gasteiger partial charge in [-0.05, 0) is 18.8 Å². The van der Waals surface area contributed by atoms with E-state index in [-0.39, 0.29) is 5.97 Å². The average Bonchev–Trinajstić information content (AvgIpc) is 2.66. The smallest absolute Gasteiger partial charge is 0.324 e. The van der Waals surface area contributed by atoms with Gasteiger partial charge in [0.1, 0.15) is 5.38 Å². The highest BCUT2D eigenvalue weighted by molar-refractivity contribution is 6.30. The molecule has 0 aromatic rings. The summed E-state index contributed by atoms with van der Waals surface area (Å²) < 4.78 is 4.44. The molecule has 1 rings (SSSR count). The van der Waals surface area contributed by atoms with Crippen LogP contribution in [0.25, 0.3) is 0 Å². The first-order valence-corrected chi connectivity index (χ1v) is 3.41. The zero-order valence-electron chi connectivity index (χ0n) is 5.26. The summed E-state index contributed by atoms with van der Waals surface area (Å²) in [6, 6.07) is 0. The third kappa shape index (κ3) is 1.58. The number of alkyl halides is 1. The van der Waals surface area contributed by atoms with Crippen molar-refractivity contribution in [2.45, 2.75) is 18.2 Å². The molecule has 1 aliphatic carbocycles. The van der Waals surface area contributed by atoms with Crippen molar-refractivity contribution in [1.82, 2.24) is 0 Å². The summed E-state index contributed by atoms with van der Waals surface area (Å²) in [7, 11) is 1.36. The van der Waals surface area contributed by atoms with E-state index in [1.807, 2.05) is 0 Å². The highest BCUT2D eigenvalue weighted by Crippen LogP contribution is 2.35. The fourth-order valence-electron chi connectivity index (χ4n) is 0.694. The molecule has 0 N–H and O–H groups in total. The summed E-state index contributed by atoms with van der Waals surface area (Å²) >= 11 is 5.65. The molecule has 0 bridgehead atoms. The lowest BCUT2D eigenvalue weighted by atomic mass is 10.3. The number of rotatable bonds is 2. The molecule has 0 spiro atoms. The molecule has 3 heteroatoms. The van der Waals surface area contributed by atoms with Gasteiger partial charge in [0.05, 0.1) is 7.11 Å². The van der Waals surface area contributed by atoms with Crippen LogP contribution >= 0.6 is 11.6 Å². The van der Waals surface area contributed by atoms with Crippen LogP contribution in [0.1, 0.15) is 12.8 Å². The molecule has 1 saturated carbocycles. The number of hydrogen-bond acceptors (Lipinski definition) is 2. The number of ether oxygens (including phenoxy) is 1. The normalized spacial score (nSPS) is 21.1. The molecule has 0 radical (unpaired) electrons. The Bertz CT molecular complexity index is 120. The van der Waals surface area contributed by atoms with Crippen LogP contribution in [-0.2, 0) is 9.53 Å². The molecular weight excluding hydrogens is 140 g/mol. The molecule has 0 aromatic heterocycles. The molecular formula is C6H9ClO2. The molecule has 9 heavy (non-hydrogen) atoms. The summed E-state index contributed by atoms with van der Waals surface area (Å²) in [5, 5.41) is -0.394. The molecule has 0 saturated heterocycles. The molecule has 2 nitrogen and oxygen atoms in total. The van der Waals surface area contributed by atoms with E-state index in [9.17, 15) is 4.79 Å². The van der Waals surface area contributed by atoms with Gasteiger partial charge >= 0.3 is 5.97 Å². The van der Waals surface area contributed by atoms with Gasteiger partial charge in [-0.25, -0.2) is 0 Å². The van der Waals surface area contributed by atoms with Gasteiger partial charge in [-0.3, -0.25) is 4.79 Å². The van der Waals surface area contributed by atoms with E-state index >= 15 is 0 Å². The van der Waals surface area contributed by atoms with Crippen LogP contribution in [0.2, 0.25) is 0 Å². The topological polar surface area (TPSA) is 26.3 Å². The minimum atomic E-state index is -0.394. The maximum atomic E-state index is 10.6. The predicted molar refractivity (Wildman–Crippen MR) is 34.4 cm³/mol. The van der Waals surface area contributed by atoms with E-state index < -0.39 is 5.38 Å². The fraction of sp³-hybridized carbons (Fsp3) is 0.833. The van der Waals surface area contributed by atoms with Crippen LogP contribution in [-0.4, -0.2) is 18.5 Å². The molecule has 52 valence electrons. The highest BCUT2D eigenvalue weighted by atomic mass is 35.5. The molecule has 0 aliphatic heterocycles. The second-order valence-corrected chi connectivity index (χ2v) is 2.73. The van der Waals surface area contributed by atoms with Gasteiger partial charge in [-0.15, -0.1) is 11.6 Å².